The summed E-state index contributed by atoms with van der Waals surface area (Å²) < 4.78 is 5.28. The predicted octanol–water partition coefficient (Wildman–Crippen LogP) is 2.37. The fourth-order valence-corrected chi connectivity index (χ4v) is 1.96. The molecule has 0 aliphatic rings. The first-order chi connectivity index (χ1) is 8.63. The second kappa shape index (κ2) is 8.11. The van der Waals surface area contributed by atoms with Crippen molar-refractivity contribution in [2.75, 3.05) is 44.8 Å². The van der Waals surface area contributed by atoms with Crippen molar-refractivity contribution in [2.24, 2.45) is 0 Å². The van der Waals surface area contributed by atoms with Gasteiger partial charge in [-0.3, -0.25) is 0 Å². The van der Waals surface area contributed by atoms with Crippen LogP contribution in [-0.2, 0) is 4.74 Å². The van der Waals surface area contributed by atoms with Crippen LogP contribution in [0.3, 0.4) is 0 Å². The third-order valence-corrected chi connectivity index (χ3v) is 2.90. The molecule has 0 fully saturated rings. The van der Waals surface area contributed by atoms with Crippen LogP contribution in [0.4, 0.5) is 5.69 Å². The Hall–Kier alpha value is -1.06. The maximum absolute atomic E-state index is 5.28. The van der Waals surface area contributed by atoms with Crippen LogP contribution in [0.5, 0.6) is 0 Å². The van der Waals surface area contributed by atoms with Gasteiger partial charge in [-0.1, -0.05) is 6.07 Å². The summed E-state index contributed by atoms with van der Waals surface area (Å²) in [7, 11) is 2.14. The van der Waals surface area contributed by atoms with Gasteiger partial charge in [0, 0.05) is 39.0 Å². The second-order valence-corrected chi connectivity index (χ2v) is 4.71. The maximum Gasteiger partial charge on any atom is 0.0590 e. The number of nitrogens with zero attached hydrogens (tertiary/aromatic N) is 1. The Balaban J connectivity index is 2.29. The molecular formula is C15H26N2O. The molecule has 0 amide bonds. The summed E-state index contributed by atoms with van der Waals surface area (Å²) in [6, 6.07) is 6.66. The van der Waals surface area contributed by atoms with E-state index in [1.54, 1.807) is 0 Å². The zero-order valence-electron chi connectivity index (χ0n) is 12.1. The first kappa shape index (κ1) is 15.0. The van der Waals surface area contributed by atoms with Gasteiger partial charge in [0.2, 0.25) is 0 Å². The monoisotopic (exact) mass is 250 g/mol. The molecule has 0 saturated heterocycles. The highest BCUT2D eigenvalue weighted by molar-refractivity contribution is 5.50. The summed E-state index contributed by atoms with van der Waals surface area (Å²) in [6.45, 7) is 10.8. The van der Waals surface area contributed by atoms with Crippen LogP contribution in [0.1, 0.15) is 18.1 Å². The van der Waals surface area contributed by atoms with Gasteiger partial charge in [0.25, 0.3) is 0 Å². The summed E-state index contributed by atoms with van der Waals surface area (Å²) in [5.74, 6) is 0. The first-order valence-corrected chi connectivity index (χ1v) is 6.71. The van der Waals surface area contributed by atoms with Gasteiger partial charge in [0.1, 0.15) is 0 Å². The average Bonchev–Trinajstić information content (AvgIpc) is 2.32. The van der Waals surface area contributed by atoms with Gasteiger partial charge in [-0.25, -0.2) is 0 Å². The quantitative estimate of drug-likeness (QED) is 0.717. The Morgan fingerprint density at radius 1 is 1.11 bits per heavy atom. The number of hydrogen-bond donors (Lipinski definition) is 1. The van der Waals surface area contributed by atoms with Crippen LogP contribution in [-0.4, -0.2) is 39.9 Å². The SMILES string of the molecule is CCOCCNCCN(C)c1cc(C)cc(C)c1. The molecule has 1 aromatic rings. The van der Waals surface area contributed by atoms with Crippen molar-refractivity contribution in [2.45, 2.75) is 20.8 Å². The predicted molar refractivity (Wildman–Crippen MR) is 78.5 cm³/mol. The van der Waals surface area contributed by atoms with Crippen LogP contribution in [0, 0.1) is 13.8 Å². The van der Waals surface area contributed by atoms with Crippen molar-refractivity contribution in [3.63, 3.8) is 0 Å². The van der Waals surface area contributed by atoms with E-state index >= 15 is 0 Å². The summed E-state index contributed by atoms with van der Waals surface area (Å²) in [6.07, 6.45) is 0. The number of likely N-dealkylation sites (N-methyl/N-ethyl adjacent to an activating group) is 1. The molecule has 0 aliphatic heterocycles. The summed E-state index contributed by atoms with van der Waals surface area (Å²) in [5, 5.41) is 3.38. The Labute approximate surface area is 111 Å². The zero-order chi connectivity index (χ0) is 13.4. The lowest BCUT2D eigenvalue weighted by Gasteiger charge is -2.20. The minimum atomic E-state index is 0.795. The van der Waals surface area contributed by atoms with E-state index in [-0.39, 0.29) is 0 Å². The molecule has 0 aliphatic carbocycles. The van der Waals surface area contributed by atoms with E-state index in [1.807, 2.05) is 6.92 Å². The molecule has 0 atom stereocenters. The fraction of sp³-hybridized carbons (Fsp3) is 0.600. The average molecular weight is 250 g/mol. The van der Waals surface area contributed by atoms with Gasteiger partial charge in [-0.2, -0.15) is 0 Å². The molecule has 102 valence electrons. The van der Waals surface area contributed by atoms with E-state index in [0.29, 0.717) is 0 Å². The summed E-state index contributed by atoms with van der Waals surface area (Å²) in [4.78, 5) is 2.29. The topological polar surface area (TPSA) is 24.5 Å². The smallest absolute Gasteiger partial charge is 0.0590 e. The highest BCUT2D eigenvalue weighted by Gasteiger charge is 2.01. The molecule has 3 heteroatoms. The van der Waals surface area contributed by atoms with E-state index < -0.39 is 0 Å². The van der Waals surface area contributed by atoms with Crippen molar-refractivity contribution >= 4 is 5.69 Å². The molecule has 1 N–H and O–H groups in total. The number of aryl methyl sites for hydroxylation is 2. The van der Waals surface area contributed by atoms with Crippen molar-refractivity contribution in [3.8, 4) is 0 Å². The second-order valence-electron chi connectivity index (χ2n) is 4.71. The van der Waals surface area contributed by atoms with Crippen molar-refractivity contribution in [1.29, 1.82) is 0 Å². The first-order valence-electron chi connectivity index (χ1n) is 6.71. The molecule has 0 spiro atoms. The van der Waals surface area contributed by atoms with E-state index in [2.05, 4.69) is 49.3 Å². The van der Waals surface area contributed by atoms with Crippen LogP contribution >= 0.6 is 0 Å². The van der Waals surface area contributed by atoms with Crippen molar-refractivity contribution in [1.82, 2.24) is 5.32 Å². The van der Waals surface area contributed by atoms with Gasteiger partial charge in [0.15, 0.2) is 0 Å². The van der Waals surface area contributed by atoms with Crippen molar-refractivity contribution < 1.29 is 4.74 Å². The summed E-state index contributed by atoms with van der Waals surface area (Å²) >= 11 is 0. The molecule has 18 heavy (non-hydrogen) atoms. The molecule has 3 nitrogen and oxygen atoms in total. The zero-order valence-corrected chi connectivity index (χ0v) is 12.1. The third kappa shape index (κ3) is 5.52. The normalized spacial score (nSPS) is 10.7. The van der Waals surface area contributed by atoms with Crippen LogP contribution in [0.2, 0.25) is 0 Å². The lowest BCUT2D eigenvalue weighted by atomic mass is 10.1. The lowest BCUT2D eigenvalue weighted by Crippen LogP contribution is -2.31. The Morgan fingerprint density at radius 2 is 1.78 bits per heavy atom. The van der Waals surface area contributed by atoms with Gasteiger partial charge in [-0.05, 0) is 44.0 Å². The van der Waals surface area contributed by atoms with E-state index in [9.17, 15) is 0 Å². The number of hydrogen-bond acceptors (Lipinski definition) is 3. The number of anilines is 1. The van der Waals surface area contributed by atoms with Gasteiger partial charge < -0.3 is 15.0 Å². The number of ether oxygens (including phenoxy) is 1. The molecule has 1 aromatic carbocycles. The van der Waals surface area contributed by atoms with Gasteiger partial charge >= 0.3 is 0 Å². The third-order valence-electron chi connectivity index (χ3n) is 2.90. The molecule has 1 rings (SSSR count). The number of rotatable bonds is 8. The summed E-state index contributed by atoms with van der Waals surface area (Å²) in [5.41, 5.74) is 3.93. The minimum Gasteiger partial charge on any atom is -0.380 e. The Bertz CT molecular complexity index is 332. The van der Waals surface area contributed by atoms with Crippen LogP contribution in [0.15, 0.2) is 18.2 Å². The number of benzene rings is 1. The van der Waals surface area contributed by atoms with Crippen LogP contribution < -0.4 is 10.2 Å². The minimum absolute atomic E-state index is 0.795. The standard InChI is InChI=1S/C15H26N2O/c1-5-18-9-7-16-6-8-17(4)15-11-13(2)10-14(3)12-15/h10-12,16H,5-9H2,1-4H3. The Kier molecular flexibility index (Phi) is 6.76. The van der Waals surface area contributed by atoms with Gasteiger partial charge in [-0.15, -0.1) is 0 Å². The van der Waals surface area contributed by atoms with Crippen LogP contribution in [0.25, 0.3) is 0 Å². The molecule has 0 radical (unpaired) electrons. The van der Waals surface area contributed by atoms with Gasteiger partial charge in [0.05, 0.1) is 6.61 Å². The highest BCUT2D eigenvalue weighted by atomic mass is 16.5. The van der Waals surface area contributed by atoms with E-state index in [0.717, 1.165) is 32.8 Å². The molecule has 0 bridgehead atoms. The highest BCUT2D eigenvalue weighted by Crippen LogP contribution is 2.16. The molecule has 0 heterocycles. The number of nitrogens with one attached hydrogen (secondary N) is 1. The largest absolute Gasteiger partial charge is 0.380 e. The molecule has 0 saturated carbocycles. The fourth-order valence-electron chi connectivity index (χ4n) is 1.96. The molecule has 0 aromatic heterocycles. The Morgan fingerprint density at radius 3 is 2.39 bits per heavy atom. The molecular weight excluding hydrogens is 224 g/mol. The van der Waals surface area contributed by atoms with E-state index in [1.165, 1.54) is 16.8 Å². The lowest BCUT2D eigenvalue weighted by molar-refractivity contribution is 0.149. The molecule has 0 unspecified atom stereocenters. The van der Waals surface area contributed by atoms with E-state index in [4.69, 9.17) is 4.74 Å². The van der Waals surface area contributed by atoms with Crippen molar-refractivity contribution in [3.05, 3.63) is 29.3 Å². The maximum atomic E-state index is 5.28.